The molecule has 0 amide bonds. The van der Waals surface area contributed by atoms with Gasteiger partial charge in [-0.25, -0.2) is 13.8 Å². The minimum absolute atomic E-state index is 0.0732. The van der Waals surface area contributed by atoms with E-state index in [-0.39, 0.29) is 28.6 Å². The average molecular weight is 615 g/mol. The zero-order chi connectivity index (χ0) is 29.6. The molecule has 0 bridgehead atoms. The maximum absolute atomic E-state index is 13.9. The maximum Gasteiger partial charge on any atom is 0.323 e. The lowest BCUT2D eigenvalue weighted by molar-refractivity contribution is 0.151. The highest BCUT2D eigenvalue weighted by Crippen LogP contribution is 2.57. The highest BCUT2D eigenvalue weighted by Gasteiger charge is 2.53. The number of aromatic nitrogens is 4. The quantitative estimate of drug-likeness (QED) is 0.363. The number of alkyl halides is 2. The molecule has 2 saturated heterocycles. The van der Waals surface area contributed by atoms with Crippen LogP contribution in [0, 0.1) is 11.3 Å². The smallest absolute Gasteiger partial charge is 0.323 e. The number of nitriles is 1. The lowest BCUT2D eigenvalue weighted by Gasteiger charge is -2.47. The number of hydrogen-bond acceptors (Lipinski definition) is 13. The zero-order valence-electron chi connectivity index (χ0n) is 23.3. The number of hydrogen-bond donors (Lipinski definition) is 2. The van der Waals surface area contributed by atoms with Crippen LogP contribution >= 0.6 is 23.1 Å². The summed E-state index contributed by atoms with van der Waals surface area (Å²) < 4.78 is 33.7. The standard InChI is InChI=1S/C27H32F2N10OS2/c1-15(17-6-3-7-33-22(17)31)39(10-20(28)29)25-34-24(35-26(36-25)40-11-16-5-4-8-37(16)2)38-13-27(14-38)21-18(9-30)23(32)42-19(21)12-41-27/h3,6-7,15-16,20H,4-5,8,10-14,32H2,1-2H3,(H2,31,33)/t15-,16+/m1/s1. The molecule has 6 rings (SSSR count). The predicted molar refractivity (Wildman–Crippen MR) is 160 cm³/mol. The fourth-order valence-corrected chi connectivity index (χ4v) is 8.78. The summed E-state index contributed by atoms with van der Waals surface area (Å²) in [5, 5.41) is 10.3. The minimum Gasteiger partial charge on any atom is -0.462 e. The van der Waals surface area contributed by atoms with Gasteiger partial charge in [0, 0.05) is 47.1 Å². The molecule has 222 valence electrons. The molecule has 3 aliphatic rings. The molecule has 0 aliphatic carbocycles. The van der Waals surface area contributed by atoms with Gasteiger partial charge >= 0.3 is 6.01 Å². The summed E-state index contributed by atoms with van der Waals surface area (Å²) in [6.45, 7) is 3.61. The molecule has 2 fully saturated rings. The van der Waals surface area contributed by atoms with Gasteiger partial charge in [0.1, 0.15) is 23.5 Å². The van der Waals surface area contributed by atoms with Crippen LogP contribution in [0.1, 0.15) is 47.4 Å². The van der Waals surface area contributed by atoms with Crippen molar-refractivity contribution in [3.8, 4) is 12.1 Å². The van der Waals surface area contributed by atoms with E-state index in [1.165, 1.54) is 16.2 Å². The van der Waals surface area contributed by atoms with E-state index in [2.05, 4.69) is 38.0 Å². The first-order valence-corrected chi connectivity index (χ1v) is 15.5. The third-order valence-electron chi connectivity index (χ3n) is 8.28. The molecule has 4 N–H and O–H groups in total. The molecule has 1 spiro atoms. The molecule has 0 saturated carbocycles. The van der Waals surface area contributed by atoms with Gasteiger partial charge in [0.05, 0.1) is 22.9 Å². The highest BCUT2D eigenvalue weighted by atomic mass is 32.2. The Labute approximate surface area is 250 Å². The summed E-state index contributed by atoms with van der Waals surface area (Å²) in [5.74, 6) is 1.45. The van der Waals surface area contributed by atoms with E-state index < -0.39 is 19.0 Å². The molecular formula is C27H32F2N10OS2. The molecule has 3 aliphatic heterocycles. The number of thiophene rings is 1. The molecular weight excluding hydrogens is 582 g/mol. The van der Waals surface area contributed by atoms with Gasteiger partial charge in [0.25, 0.3) is 6.43 Å². The second-order valence-corrected chi connectivity index (χ2v) is 13.4. The summed E-state index contributed by atoms with van der Waals surface area (Å²) in [4.78, 5) is 24.7. The number of nitrogens with two attached hydrogens (primary N) is 2. The van der Waals surface area contributed by atoms with Crippen molar-refractivity contribution in [2.45, 2.75) is 48.8 Å². The number of likely N-dealkylation sites (tertiary alicyclic amines) is 1. The van der Waals surface area contributed by atoms with Crippen molar-refractivity contribution in [1.82, 2.24) is 24.8 Å². The van der Waals surface area contributed by atoms with Crippen LogP contribution in [0.2, 0.25) is 0 Å². The van der Waals surface area contributed by atoms with Crippen LogP contribution in [-0.4, -0.2) is 77.1 Å². The van der Waals surface area contributed by atoms with Crippen LogP contribution in [-0.2, 0) is 10.5 Å². The van der Waals surface area contributed by atoms with E-state index in [4.69, 9.17) is 16.2 Å². The monoisotopic (exact) mass is 614 g/mol. The Morgan fingerprint density at radius 3 is 2.79 bits per heavy atom. The van der Waals surface area contributed by atoms with E-state index in [0.29, 0.717) is 41.8 Å². The number of thioether (sulfide) groups is 1. The second kappa shape index (κ2) is 11.3. The number of rotatable bonds is 9. The van der Waals surface area contributed by atoms with Crippen LogP contribution in [0.3, 0.4) is 0 Å². The molecule has 15 heteroatoms. The van der Waals surface area contributed by atoms with Crippen molar-refractivity contribution >= 4 is 45.8 Å². The van der Waals surface area contributed by atoms with E-state index in [1.807, 2.05) is 4.90 Å². The third-order valence-corrected chi connectivity index (χ3v) is 10.9. The average Bonchev–Trinajstić information content (AvgIpc) is 3.62. The van der Waals surface area contributed by atoms with Gasteiger partial charge in [-0.2, -0.15) is 20.2 Å². The molecule has 0 unspecified atom stereocenters. The Morgan fingerprint density at radius 2 is 2.10 bits per heavy atom. The molecule has 2 atom stereocenters. The summed E-state index contributed by atoms with van der Waals surface area (Å²) in [6, 6.07) is 5.46. The Kier molecular flexibility index (Phi) is 7.71. The Morgan fingerprint density at radius 1 is 1.29 bits per heavy atom. The number of anilines is 4. The van der Waals surface area contributed by atoms with Crippen molar-refractivity contribution < 1.29 is 13.5 Å². The minimum atomic E-state index is -2.66. The highest BCUT2D eigenvalue weighted by molar-refractivity contribution is 8.00. The van der Waals surface area contributed by atoms with Crippen molar-refractivity contribution in [3.63, 3.8) is 0 Å². The molecule has 3 aromatic rings. The van der Waals surface area contributed by atoms with Crippen LogP contribution in [0.15, 0.2) is 18.3 Å². The Balaban J connectivity index is 1.33. The molecule has 6 heterocycles. The second-order valence-electron chi connectivity index (χ2n) is 10.9. The SMILES string of the molecule is C[C@H](c1cccnc1N)N(CC(F)F)c1nc(OC[C@@H]2CCCN2C)nc(N2CC3(C2)SCc2sc(N)c(C#N)c23)n1. The topological polar surface area (TPSA) is 146 Å². The molecule has 3 aromatic heterocycles. The Bertz CT molecular complexity index is 1510. The molecule has 42 heavy (non-hydrogen) atoms. The Hall–Kier alpha value is -3.48. The van der Waals surface area contributed by atoms with Crippen molar-refractivity contribution in [2.75, 3.05) is 61.1 Å². The van der Waals surface area contributed by atoms with Gasteiger partial charge in [0.15, 0.2) is 0 Å². The number of fused-ring (bicyclic) bond motifs is 2. The lowest BCUT2D eigenvalue weighted by atomic mass is 9.88. The first kappa shape index (κ1) is 28.6. The maximum atomic E-state index is 13.9. The van der Waals surface area contributed by atoms with Crippen molar-refractivity contribution in [2.24, 2.45) is 0 Å². The summed E-state index contributed by atoms with van der Waals surface area (Å²) in [7, 11) is 2.05. The van der Waals surface area contributed by atoms with E-state index >= 15 is 0 Å². The first-order valence-electron chi connectivity index (χ1n) is 13.7. The largest absolute Gasteiger partial charge is 0.462 e. The van der Waals surface area contributed by atoms with E-state index in [1.54, 1.807) is 37.0 Å². The first-order chi connectivity index (χ1) is 20.2. The van der Waals surface area contributed by atoms with E-state index in [9.17, 15) is 14.0 Å². The number of pyridine rings is 1. The molecule has 11 nitrogen and oxygen atoms in total. The predicted octanol–water partition coefficient (Wildman–Crippen LogP) is 3.63. The number of ether oxygens (including phenoxy) is 1. The van der Waals surface area contributed by atoms with Gasteiger partial charge in [-0.3, -0.25) is 0 Å². The van der Waals surface area contributed by atoms with Gasteiger partial charge < -0.3 is 30.9 Å². The van der Waals surface area contributed by atoms with Gasteiger partial charge in [-0.15, -0.1) is 23.1 Å². The van der Waals surface area contributed by atoms with Gasteiger partial charge in [-0.1, -0.05) is 6.07 Å². The summed E-state index contributed by atoms with van der Waals surface area (Å²) in [6.07, 6.45) is 0.977. The fourth-order valence-electron chi connectivity index (χ4n) is 5.97. The molecule has 0 radical (unpaired) electrons. The van der Waals surface area contributed by atoms with Crippen LogP contribution in [0.4, 0.5) is 31.5 Å². The van der Waals surface area contributed by atoms with Gasteiger partial charge in [0.2, 0.25) is 11.9 Å². The summed E-state index contributed by atoms with van der Waals surface area (Å²) in [5.41, 5.74) is 14.4. The van der Waals surface area contributed by atoms with Gasteiger partial charge in [-0.05, 0) is 39.4 Å². The summed E-state index contributed by atoms with van der Waals surface area (Å²) >= 11 is 3.25. The lowest BCUT2D eigenvalue weighted by Crippen LogP contribution is -2.57. The fraction of sp³-hybridized carbons (Fsp3) is 0.519. The third kappa shape index (κ3) is 5.16. The zero-order valence-corrected chi connectivity index (χ0v) is 25.0. The number of likely N-dealkylation sites (N-methyl/N-ethyl adjacent to an activating group) is 1. The van der Waals surface area contributed by atoms with Crippen LogP contribution in [0.5, 0.6) is 6.01 Å². The number of nitrogen functional groups attached to an aromatic ring is 2. The van der Waals surface area contributed by atoms with E-state index in [0.717, 1.165) is 35.6 Å². The number of halogens is 2. The normalized spacial score (nSPS) is 20.0. The van der Waals surface area contributed by atoms with Crippen LogP contribution in [0.25, 0.3) is 0 Å². The van der Waals surface area contributed by atoms with Crippen molar-refractivity contribution in [3.05, 3.63) is 39.9 Å². The van der Waals surface area contributed by atoms with Crippen LogP contribution < -0.4 is 26.0 Å². The molecule has 0 aromatic carbocycles. The van der Waals surface area contributed by atoms with Crippen molar-refractivity contribution in [1.29, 1.82) is 5.26 Å². The number of nitrogens with zero attached hydrogens (tertiary/aromatic N) is 8.